The van der Waals surface area contributed by atoms with Crippen molar-refractivity contribution < 1.29 is 36.6 Å². The number of benzene rings is 3. The molecule has 190 valence electrons. The molecule has 0 saturated heterocycles. The second-order valence-corrected chi connectivity index (χ2v) is 10.4. The molecular formula is C25H23F3N2O5S. The average Bonchev–Trinajstić information content (AvgIpc) is 2.81. The summed E-state index contributed by atoms with van der Waals surface area (Å²) in [5, 5.41) is 27.7. The minimum atomic E-state index is -5.00. The second kappa shape index (κ2) is 9.89. The molecule has 0 aromatic heterocycles. The molecule has 11 heteroatoms. The van der Waals surface area contributed by atoms with Gasteiger partial charge in [0.05, 0.1) is 22.1 Å². The van der Waals surface area contributed by atoms with Crippen molar-refractivity contribution in [1.82, 2.24) is 0 Å². The molecule has 0 aliphatic heterocycles. The van der Waals surface area contributed by atoms with Crippen LogP contribution in [0.2, 0.25) is 0 Å². The lowest BCUT2D eigenvalue weighted by atomic mass is 9.92. The van der Waals surface area contributed by atoms with E-state index in [9.17, 15) is 36.6 Å². The van der Waals surface area contributed by atoms with Crippen LogP contribution in [0.15, 0.2) is 59.5 Å². The van der Waals surface area contributed by atoms with Crippen LogP contribution in [0.25, 0.3) is 10.8 Å². The fourth-order valence-corrected chi connectivity index (χ4v) is 6.43. The Kier molecular flexibility index (Phi) is 7.45. The highest BCUT2D eigenvalue weighted by Crippen LogP contribution is 2.42. The third kappa shape index (κ3) is 4.93. The number of nitrogens with two attached hydrogens (primary N) is 1. The van der Waals surface area contributed by atoms with Crippen LogP contribution in [-0.2, 0) is 27.2 Å². The van der Waals surface area contributed by atoms with Crippen LogP contribution < -0.4 is 5.73 Å². The number of primary amides is 1. The van der Waals surface area contributed by atoms with Gasteiger partial charge in [-0.2, -0.15) is 18.4 Å². The minimum absolute atomic E-state index is 0.0852. The number of halogens is 3. The Bertz CT molecular complexity index is 1460. The number of aryl methyl sites for hydroxylation is 1. The van der Waals surface area contributed by atoms with E-state index in [1.165, 1.54) is 24.3 Å². The molecule has 4 N–H and O–H groups in total. The maximum Gasteiger partial charge on any atom is 0.417 e. The molecule has 0 aliphatic rings. The molecule has 3 aromatic rings. The summed E-state index contributed by atoms with van der Waals surface area (Å²) in [7, 11) is -4.75. The molecule has 0 fully saturated rings. The molecular weight excluding hydrogens is 497 g/mol. The molecule has 0 aliphatic carbocycles. The summed E-state index contributed by atoms with van der Waals surface area (Å²) in [5.74, 6) is -1.46. The van der Waals surface area contributed by atoms with Gasteiger partial charge in [-0.15, -0.1) is 0 Å². The number of alkyl halides is 3. The smallest absolute Gasteiger partial charge is 0.396 e. The van der Waals surface area contributed by atoms with Crippen LogP contribution in [0.1, 0.15) is 40.8 Å². The number of aliphatic hydroxyl groups excluding tert-OH is 1. The normalized spacial score (nSPS) is 14.7. The Morgan fingerprint density at radius 3 is 2.33 bits per heavy atom. The lowest BCUT2D eigenvalue weighted by Gasteiger charge is -2.31. The lowest BCUT2D eigenvalue weighted by Crippen LogP contribution is -2.49. The first kappa shape index (κ1) is 27.1. The standard InChI is InChI=1S/C25H23F3N2O5S/c1-24(33,23(30)32)22(16-10-11-17(14-29)20(13-16)25(26,27)28)36(34,35)21-9-3-7-18-15(6-4-12-31)5-2-8-19(18)21/h2-3,5,7-11,13,22,31,33H,4,6,12H2,1H3,(H2,30,32). The molecule has 1 amide bonds. The van der Waals surface area contributed by atoms with Gasteiger partial charge in [-0.3, -0.25) is 4.79 Å². The summed E-state index contributed by atoms with van der Waals surface area (Å²) >= 11 is 0. The predicted octanol–water partition coefficient (Wildman–Crippen LogP) is 3.41. The van der Waals surface area contributed by atoms with Gasteiger partial charge in [-0.05, 0) is 54.5 Å². The summed E-state index contributed by atoms with van der Waals surface area (Å²) in [4.78, 5) is 11.8. The van der Waals surface area contributed by atoms with E-state index < -0.39 is 49.5 Å². The summed E-state index contributed by atoms with van der Waals surface area (Å²) in [6.07, 6.45) is -4.15. The van der Waals surface area contributed by atoms with Crippen LogP contribution in [-0.4, -0.2) is 36.7 Å². The monoisotopic (exact) mass is 520 g/mol. The number of nitrogens with zero attached hydrogens (tertiary/aromatic N) is 1. The number of nitriles is 1. The first-order valence-electron chi connectivity index (χ1n) is 10.8. The van der Waals surface area contributed by atoms with Gasteiger partial charge in [0.25, 0.3) is 5.91 Å². The lowest BCUT2D eigenvalue weighted by molar-refractivity contribution is -0.137. The average molecular weight is 521 g/mol. The van der Waals surface area contributed by atoms with Crippen LogP contribution in [0.4, 0.5) is 13.2 Å². The van der Waals surface area contributed by atoms with E-state index in [0.29, 0.717) is 24.3 Å². The SMILES string of the molecule is CC(O)(C(N)=O)C(c1ccc(C#N)c(C(F)(F)F)c1)S(=O)(=O)c1cccc2c(CCCO)cccc12. The first-order chi connectivity index (χ1) is 16.8. The zero-order valence-corrected chi connectivity index (χ0v) is 19.9. The second-order valence-electron chi connectivity index (χ2n) is 8.45. The van der Waals surface area contributed by atoms with E-state index in [-0.39, 0.29) is 16.9 Å². The number of amides is 1. The fraction of sp³-hybridized carbons (Fsp3) is 0.280. The van der Waals surface area contributed by atoms with Gasteiger partial charge in [0.1, 0.15) is 5.25 Å². The van der Waals surface area contributed by atoms with E-state index in [0.717, 1.165) is 24.6 Å². The predicted molar refractivity (Wildman–Crippen MR) is 125 cm³/mol. The number of carbonyl (C=O) groups is 1. The summed E-state index contributed by atoms with van der Waals surface area (Å²) in [6, 6.07) is 12.8. The quantitative estimate of drug-likeness (QED) is 0.416. The number of carbonyl (C=O) groups excluding carboxylic acids is 1. The molecule has 0 spiro atoms. The van der Waals surface area contributed by atoms with Crippen molar-refractivity contribution in [1.29, 1.82) is 5.26 Å². The number of hydrogen-bond acceptors (Lipinski definition) is 6. The molecule has 0 heterocycles. The number of sulfone groups is 1. The molecule has 7 nitrogen and oxygen atoms in total. The molecule has 3 aromatic carbocycles. The topological polar surface area (TPSA) is 141 Å². The molecule has 3 rings (SSSR count). The summed E-state index contributed by atoms with van der Waals surface area (Å²) < 4.78 is 68.9. The van der Waals surface area contributed by atoms with Crippen LogP contribution in [0.5, 0.6) is 0 Å². The largest absolute Gasteiger partial charge is 0.417 e. The maximum absolute atomic E-state index is 14.0. The number of hydrogen-bond donors (Lipinski definition) is 3. The highest BCUT2D eigenvalue weighted by atomic mass is 32.2. The van der Waals surface area contributed by atoms with Gasteiger partial charge in [-0.25, -0.2) is 8.42 Å². The minimum Gasteiger partial charge on any atom is -0.396 e. The van der Waals surface area contributed by atoms with Gasteiger partial charge < -0.3 is 15.9 Å². The van der Waals surface area contributed by atoms with Crippen LogP contribution in [0.3, 0.4) is 0 Å². The maximum atomic E-state index is 14.0. The van der Waals surface area contributed by atoms with Crippen molar-refractivity contribution in [2.45, 2.75) is 41.7 Å². The number of rotatable bonds is 8. The number of fused-ring (bicyclic) bond motifs is 1. The molecule has 36 heavy (non-hydrogen) atoms. The Labute approximate surface area is 205 Å². The Morgan fingerprint density at radius 1 is 1.11 bits per heavy atom. The van der Waals surface area contributed by atoms with Crippen molar-refractivity contribution in [2.75, 3.05) is 6.61 Å². The Balaban J connectivity index is 2.34. The van der Waals surface area contributed by atoms with Gasteiger partial charge in [-0.1, -0.05) is 36.4 Å². The van der Waals surface area contributed by atoms with Gasteiger partial charge in [0.2, 0.25) is 0 Å². The molecule has 0 saturated carbocycles. The van der Waals surface area contributed by atoms with Crippen molar-refractivity contribution in [3.63, 3.8) is 0 Å². The van der Waals surface area contributed by atoms with Crippen molar-refractivity contribution in [3.8, 4) is 6.07 Å². The summed E-state index contributed by atoms with van der Waals surface area (Å²) in [6.45, 7) is 0.735. The summed E-state index contributed by atoms with van der Waals surface area (Å²) in [5.41, 5.74) is 0.504. The number of aliphatic hydroxyl groups is 2. The molecule has 2 unspecified atom stereocenters. The Morgan fingerprint density at radius 2 is 1.75 bits per heavy atom. The van der Waals surface area contributed by atoms with Crippen molar-refractivity contribution >= 4 is 26.5 Å². The van der Waals surface area contributed by atoms with E-state index >= 15 is 0 Å². The highest BCUT2D eigenvalue weighted by molar-refractivity contribution is 7.92. The van der Waals surface area contributed by atoms with Crippen molar-refractivity contribution in [3.05, 3.63) is 76.9 Å². The first-order valence-corrected chi connectivity index (χ1v) is 12.3. The van der Waals surface area contributed by atoms with E-state index in [2.05, 4.69) is 0 Å². The zero-order chi connectivity index (χ0) is 26.9. The zero-order valence-electron chi connectivity index (χ0n) is 19.1. The Hall–Kier alpha value is -3.46. The van der Waals surface area contributed by atoms with E-state index in [1.807, 2.05) is 0 Å². The fourth-order valence-electron chi connectivity index (χ4n) is 4.20. The van der Waals surface area contributed by atoms with Gasteiger partial charge in [0.15, 0.2) is 15.4 Å². The van der Waals surface area contributed by atoms with Gasteiger partial charge >= 0.3 is 6.18 Å². The van der Waals surface area contributed by atoms with E-state index in [1.54, 1.807) is 18.2 Å². The van der Waals surface area contributed by atoms with Crippen molar-refractivity contribution in [2.24, 2.45) is 5.73 Å². The third-order valence-electron chi connectivity index (χ3n) is 5.98. The third-order valence-corrected chi connectivity index (χ3v) is 8.30. The molecule has 0 bridgehead atoms. The van der Waals surface area contributed by atoms with E-state index in [4.69, 9.17) is 11.0 Å². The van der Waals surface area contributed by atoms with Crippen LogP contribution >= 0.6 is 0 Å². The molecule has 2 atom stereocenters. The molecule has 0 radical (unpaired) electrons. The highest BCUT2D eigenvalue weighted by Gasteiger charge is 2.49. The van der Waals surface area contributed by atoms with Crippen LogP contribution in [0, 0.1) is 11.3 Å². The van der Waals surface area contributed by atoms with Gasteiger partial charge in [0, 0.05) is 12.0 Å².